The standard InChI is InChI=1S/C16H25N3O3S/c1-6-7-13-8-9-14(17-23(5,21)22)12-15(13)16(20)19(4)11-10-18(2)3/h6-9,12,17H,10-11H2,1-5H3. The first-order chi connectivity index (χ1) is 10.6. The van der Waals surface area contributed by atoms with Crippen LogP contribution < -0.4 is 4.72 Å². The van der Waals surface area contributed by atoms with Crippen LogP contribution in [0.1, 0.15) is 22.8 Å². The van der Waals surface area contributed by atoms with Gasteiger partial charge in [-0.2, -0.15) is 0 Å². The van der Waals surface area contributed by atoms with E-state index in [9.17, 15) is 13.2 Å². The van der Waals surface area contributed by atoms with Crippen LogP contribution in [0.15, 0.2) is 24.3 Å². The third kappa shape index (κ3) is 6.42. The predicted octanol–water partition coefficient (Wildman–Crippen LogP) is 1.72. The monoisotopic (exact) mass is 339 g/mol. The molecule has 0 aliphatic heterocycles. The fraction of sp³-hybridized carbons (Fsp3) is 0.438. The molecular weight excluding hydrogens is 314 g/mol. The molecule has 0 radical (unpaired) electrons. The van der Waals surface area contributed by atoms with Crippen molar-refractivity contribution < 1.29 is 13.2 Å². The number of hydrogen-bond donors (Lipinski definition) is 1. The Morgan fingerprint density at radius 2 is 1.87 bits per heavy atom. The summed E-state index contributed by atoms with van der Waals surface area (Å²) in [5.74, 6) is -0.142. The molecule has 23 heavy (non-hydrogen) atoms. The number of likely N-dealkylation sites (N-methyl/N-ethyl adjacent to an activating group) is 2. The van der Waals surface area contributed by atoms with Crippen LogP contribution in [-0.4, -0.2) is 64.6 Å². The van der Waals surface area contributed by atoms with Crippen LogP contribution in [0.5, 0.6) is 0 Å². The minimum Gasteiger partial charge on any atom is -0.340 e. The molecule has 7 heteroatoms. The maximum atomic E-state index is 12.7. The highest BCUT2D eigenvalue weighted by molar-refractivity contribution is 7.92. The van der Waals surface area contributed by atoms with Crippen molar-refractivity contribution in [2.75, 3.05) is 45.2 Å². The number of allylic oxidation sites excluding steroid dienone is 1. The second-order valence-electron chi connectivity index (χ2n) is 5.71. The number of sulfonamides is 1. The zero-order chi connectivity index (χ0) is 17.6. The fourth-order valence-corrected chi connectivity index (χ4v) is 2.56. The van der Waals surface area contributed by atoms with Crippen molar-refractivity contribution >= 4 is 27.7 Å². The number of carbonyl (C=O) groups is 1. The van der Waals surface area contributed by atoms with Crippen molar-refractivity contribution in [2.24, 2.45) is 0 Å². The van der Waals surface area contributed by atoms with Crippen molar-refractivity contribution in [3.63, 3.8) is 0 Å². The molecule has 0 heterocycles. The first-order valence-corrected chi connectivity index (χ1v) is 9.18. The third-order valence-corrected chi connectivity index (χ3v) is 3.77. The number of nitrogens with zero attached hydrogens (tertiary/aromatic N) is 2. The normalized spacial score (nSPS) is 11.9. The Hall–Kier alpha value is -1.86. The van der Waals surface area contributed by atoms with Gasteiger partial charge in [0.25, 0.3) is 5.91 Å². The Bertz CT molecular complexity index is 682. The van der Waals surface area contributed by atoms with Gasteiger partial charge in [-0.25, -0.2) is 8.42 Å². The Balaban J connectivity index is 3.13. The van der Waals surface area contributed by atoms with E-state index in [-0.39, 0.29) is 5.91 Å². The fourth-order valence-electron chi connectivity index (χ4n) is 2.00. The van der Waals surface area contributed by atoms with Gasteiger partial charge in [0.2, 0.25) is 10.0 Å². The predicted molar refractivity (Wildman–Crippen MR) is 95.1 cm³/mol. The van der Waals surface area contributed by atoms with Crippen LogP contribution in [-0.2, 0) is 10.0 Å². The van der Waals surface area contributed by atoms with E-state index in [1.165, 1.54) is 0 Å². The highest BCUT2D eigenvalue weighted by Crippen LogP contribution is 2.20. The van der Waals surface area contributed by atoms with E-state index in [0.717, 1.165) is 18.4 Å². The minimum atomic E-state index is -3.39. The van der Waals surface area contributed by atoms with Crippen LogP contribution in [0.4, 0.5) is 5.69 Å². The first kappa shape index (κ1) is 19.2. The molecule has 0 atom stereocenters. The van der Waals surface area contributed by atoms with E-state index < -0.39 is 10.0 Å². The van der Waals surface area contributed by atoms with Crippen molar-refractivity contribution in [3.8, 4) is 0 Å². The maximum absolute atomic E-state index is 12.7. The summed E-state index contributed by atoms with van der Waals surface area (Å²) < 4.78 is 25.2. The van der Waals surface area contributed by atoms with Crippen molar-refractivity contribution in [1.29, 1.82) is 0 Å². The van der Waals surface area contributed by atoms with E-state index in [4.69, 9.17) is 0 Å². The van der Waals surface area contributed by atoms with Crippen LogP contribution in [0.2, 0.25) is 0 Å². The number of anilines is 1. The second kappa shape index (κ2) is 8.12. The molecule has 128 valence electrons. The summed E-state index contributed by atoms with van der Waals surface area (Å²) in [6.07, 6.45) is 4.75. The van der Waals surface area contributed by atoms with Gasteiger partial charge in [0.05, 0.1) is 6.26 Å². The SMILES string of the molecule is CC=Cc1ccc(NS(C)(=O)=O)cc1C(=O)N(C)CCN(C)C. The summed E-state index contributed by atoms with van der Waals surface area (Å²) in [4.78, 5) is 16.3. The zero-order valence-electron chi connectivity index (χ0n) is 14.3. The van der Waals surface area contributed by atoms with E-state index in [0.29, 0.717) is 17.8 Å². The number of rotatable bonds is 7. The Morgan fingerprint density at radius 3 is 2.39 bits per heavy atom. The number of hydrogen-bond acceptors (Lipinski definition) is 4. The van der Waals surface area contributed by atoms with Gasteiger partial charge in [-0.3, -0.25) is 9.52 Å². The second-order valence-corrected chi connectivity index (χ2v) is 7.45. The molecule has 0 saturated heterocycles. The summed E-state index contributed by atoms with van der Waals surface area (Å²) in [6, 6.07) is 4.96. The number of benzene rings is 1. The molecule has 0 saturated carbocycles. The highest BCUT2D eigenvalue weighted by atomic mass is 32.2. The van der Waals surface area contributed by atoms with E-state index in [2.05, 4.69) is 4.72 Å². The van der Waals surface area contributed by atoms with Gasteiger partial charge in [0, 0.05) is 31.4 Å². The van der Waals surface area contributed by atoms with Crippen molar-refractivity contribution in [3.05, 3.63) is 35.4 Å². The average molecular weight is 339 g/mol. The molecule has 1 rings (SSSR count). The molecular formula is C16H25N3O3S. The lowest BCUT2D eigenvalue weighted by Crippen LogP contribution is -2.33. The van der Waals surface area contributed by atoms with Crippen molar-refractivity contribution in [1.82, 2.24) is 9.80 Å². The molecule has 0 aliphatic carbocycles. The lowest BCUT2D eigenvalue weighted by atomic mass is 10.0. The van der Waals surface area contributed by atoms with Crippen LogP contribution >= 0.6 is 0 Å². The lowest BCUT2D eigenvalue weighted by molar-refractivity contribution is 0.0786. The van der Waals surface area contributed by atoms with Gasteiger partial charge >= 0.3 is 0 Å². The molecule has 0 unspecified atom stereocenters. The Labute approximate surface area is 138 Å². The molecule has 0 aromatic heterocycles. The summed E-state index contributed by atoms with van der Waals surface area (Å²) >= 11 is 0. The lowest BCUT2D eigenvalue weighted by Gasteiger charge is -2.21. The van der Waals surface area contributed by atoms with Crippen LogP contribution in [0.25, 0.3) is 6.08 Å². The van der Waals surface area contributed by atoms with E-state index >= 15 is 0 Å². The van der Waals surface area contributed by atoms with Gasteiger partial charge in [-0.15, -0.1) is 0 Å². The van der Waals surface area contributed by atoms with E-state index in [1.54, 1.807) is 30.1 Å². The maximum Gasteiger partial charge on any atom is 0.254 e. The van der Waals surface area contributed by atoms with Gasteiger partial charge in [-0.1, -0.05) is 18.2 Å². The highest BCUT2D eigenvalue weighted by Gasteiger charge is 2.16. The first-order valence-electron chi connectivity index (χ1n) is 7.28. The summed E-state index contributed by atoms with van der Waals surface area (Å²) in [5, 5.41) is 0. The largest absolute Gasteiger partial charge is 0.340 e. The third-order valence-electron chi connectivity index (χ3n) is 3.16. The van der Waals surface area contributed by atoms with Gasteiger partial charge in [0.15, 0.2) is 0 Å². The minimum absolute atomic E-state index is 0.142. The molecule has 0 aliphatic rings. The Morgan fingerprint density at radius 1 is 1.22 bits per heavy atom. The van der Waals surface area contributed by atoms with Gasteiger partial charge < -0.3 is 9.80 Å². The summed E-state index contributed by atoms with van der Waals surface area (Å²) in [6.45, 7) is 3.21. The molecule has 1 aromatic carbocycles. The van der Waals surface area contributed by atoms with Crippen LogP contribution in [0.3, 0.4) is 0 Å². The molecule has 0 bridgehead atoms. The topological polar surface area (TPSA) is 69.7 Å². The average Bonchev–Trinajstić information content (AvgIpc) is 2.44. The summed E-state index contributed by atoms with van der Waals surface area (Å²) in [5.41, 5.74) is 1.61. The molecule has 6 nitrogen and oxygen atoms in total. The molecule has 0 spiro atoms. The Kier molecular flexibility index (Phi) is 6.78. The number of carbonyl (C=O) groups excluding carboxylic acids is 1. The van der Waals surface area contributed by atoms with Crippen molar-refractivity contribution in [2.45, 2.75) is 6.92 Å². The summed E-state index contributed by atoms with van der Waals surface area (Å²) in [7, 11) is 2.24. The van der Waals surface area contributed by atoms with Gasteiger partial charge in [0.1, 0.15) is 0 Å². The van der Waals surface area contributed by atoms with Crippen LogP contribution in [0, 0.1) is 0 Å². The molecule has 1 amide bonds. The molecule has 0 fully saturated rings. The smallest absolute Gasteiger partial charge is 0.254 e. The van der Waals surface area contributed by atoms with Gasteiger partial charge in [-0.05, 0) is 38.7 Å². The van der Waals surface area contributed by atoms with E-state index in [1.807, 2.05) is 38.1 Å². The molecule has 1 N–H and O–H groups in total. The quantitative estimate of drug-likeness (QED) is 0.821. The number of amides is 1. The zero-order valence-corrected chi connectivity index (χ0v) is 15.1. The molecule has 1 aromatic rings. The number of nitrogens with one attached hydrogen (secondary N) is 1.